The maximum absolute atomic E-state index is 4.25. The summed E-state index contributed by atoms with van der Waals surface area (Å²) in [6, 6.07) is 10.5. The highest BCUT2D eigenvalue weighted by atomic mass is 127. The normalized spacial score (nSPS) is 12.4. The van der Waals surface area contributed by atoms with Gasteiger partial charge < -0.3 is 15.2 Å². The third-order valence-electron chi connectivity index (χ3n) is 3.62. The number of aliphatic imine (C=N–C) groups is 1. The number of nitrogens with zero attached hydrogens (tertiary/aromatic N) is 4. The molecule has 1 heterocycles. The molecule has 126 valence electrons. The van der Waals surface area contributed by atoms with E-state index in [9.17, 15) is 0 Å². The second-order valence-corrected chi connectivity index (χ2v) is 5.15. The fourth-order valence-corrected chi connectivity index (χ4v) is 2.21. The lowest BCUT2D eigenvalue weighted by Gasteiger charge is -2.16. The van der Waals surface area contributed by atoms with Gasteiger partial charge in [-0.05, 0) is 18.4 Å². The summed E-state index contributed by atoms with van der Waals surface area (Å²) in [5.74, 6) is 2.09. The predicted molar refractivity (Wildman–Crippen MR) is 104 cm³/mol. The molecular weight excluding hydrogens is 403 g/mol. The molecule has 0 saturated heterocycles. The number of guanidine groups is 1. The van der Waals surface area contributed by atoms with Crippen LogP contribution in [0.2, 0.25) is 0 Å². The molecule has 0 aliphatic heterocycles. The van der Waals surface area contributed by atoms with Crippen LogP contribution in [-0.2, 0) is 13.1 Å². The number of rotatable bonds is 6. The second kappa shape index (κ2) is 10.2. The minimum atomic E-state index is 0. The van der Waals surface area contributed by atoms with Gasteiger partial charge in [0.2, 0.25) is 0 Å². The van der Waals surface area contributed by atoms with Gasteiger partial charge in [0.05, 0.1) is 6.54 Å². The first kappa shape index (κ1) is 19.4. The smallest absolute Gasteiger partial charge is 0.191 e. The molecule has 6 nitrogen and oxygen atoms in total. The van der Waals surface area contributed by atoms with Crippen LogP contribution in [0.3, 0.4) is 0 Å². The minimum Gasteiger partial charge on any atom is -0.356 e. The Labute approximate surface area is 154 Å². The highest BCUT2D eigenvalue weighted by molar-refractivity contribution is 14.0. The van der Waals surface area contributed by atoms with E-state index < -0.39 is 0 Å². The molecule has 0 bridgehead atoms. The third kappa shape index (κ3) is 5.81. The topological polar surface area (TPSA) is 67.1 Å². The van der Waals surface area contributed by atoms with Crippen LogP contribution in [0.25, 0.3) is 0 Å². The maximum Gasteiger partial charge on any atom is 0.191 e. The fourth-order valence-electron chi connectivity index (χ4n) is 2.21. The van der Waals surface area contributed by atoms with Crippen molar-refractivity contribution < 1.29 is 0 Å². The molecule has 1 aromatic carbocycles. The zero-order valence-electron chi connectivity index (χ0n) is 13.9. The van der Waals surface area contributed by atoms with Crippen molar-refractivity contribution in [1.29, 1.82) is 0 Å². The van der Waals surface area contributed by atoms with Crippen LogP contribution < -0.4 is 10.6 Å². The summed E-state index contributed by atoms with van der Waals surface area (Å²) in [7, 11) is 1.77. The summed E-state index contributed by atoms with van der Waals surface area (Å²) in [5, 5.41) is 14.6. The van der Waals surface area contributed by atoms with E-state index in [0.717, 1.165) is 24.9 Å². The van der Waals surface area contributed by atoms with E-state index >= 15 is 0 Å². The Kier molecular flexibility index (Phi) is 8.60. The van der Waals surface area contributed by atoms with E-state index in [1.165, 1.54) is 5.56 Å². The van der Waals surface area contributed by atoms with Crippen molar-refractivity contribution in [3.05, 3.63) is 48.0 Å². The first-order chi connectivity index (χ1) is 10.7. The number of hydrogen-bond acceptors (Lipinski definition) is 3. The molecule has 1 aromatic heterocycles. The summed E-state index contributed by atoms with van der Waals surface area (Å²) >= 11 is 0. The average Bonchev–Trinajstić information content (AvgIpc) is 3.03. The van der Waals surface area contributed by atoms with Crippen molar-refractivity contribution in [3.63, 3.8) is 0 Å². The van der Waals surface area contributed by atoms with Gasteiger partial charge >= 0.3 is 0 Å². The lowest BCUT2D eigenvalue weighted by atomic mass is 10.0. The van der Waals surface area contributed by atoms with Crippen molar-refractivity contribution in [2.45, 2.75) is 32.9 Å². The van der Waals surface area contributed by atoms with Gasteiger partial charge in [-0.3, -0.25) is 4.99 Å². The van der Waals surface area contributed by atoms with E-state index in [-0.39, 0.29) is 24.0 Å². The van der Waals surface area contributed by atoms with Crippen LogP contribution in [0, 0.1) is 0 Å². The van der Waals surface area contributed by atoms with Crippen LogP contribution in [0.1, 0.15) is 31.2 Å². The van der Waals surface area contributed by atoms with Gasteiger partial charge in [0, 0.05) is 20.1 Å². The van der Waals surface area contributed by atoms with E-state index in [2.05, 4.69) is 63.9 Å². The monoisotopic (exact) mass is 428 g/mol. The van der Waals surface area contributed by atoms with Crippen molar-refractivity contribution in [2.75, 3.05) is 13.6 Å². The Morgan fingerprint density at radius 1 is 1.26 bits per heavy atom. The zero-order chi connectivity index (χ0) is 15.8. The van der Waals surface area contributed by atoms with Gasteiger partial charge in [-0.1, -0.05) is 37.3 Å². The van der Waals surface area contributed by atoms with E-state index in [0.29, 0.717) is 12.5 Å². The molecule has 7 heteroatoms. The minimum absolute atomic E-state index is 0. The molecule has 2 rings (SSSR count). The Morgan fingerprint density at radius 2 is 2.00 bits per heavy atom. The van der Waals surface area contributed by atoms with Gasteiger partial charge in [-0.2, -0.15) is 0 Å². The predicted octanol–water partition coefficient (Wildman–Crippen LogP) is 2.38. The van der Waals surface area contributed by atoms with E-state index in [1.54, 1.807) is 13.4 Å². The molecule has 2 aromatic rings. The van der Waals surface area contributed by atoms with E-state index in [4.69, 9.17) is 0 Å². The van der Waals surface area contributed by atoms with Gasteiger partial charge in [-0.25, -0.2) is 0 Å². The quantitative estimate of drug-likeness (QED) is 0.421. The van der Waals surface area contributed by atoms with Crippen molar-refractivity contribution in [3.8, 4) is 0 Å². The number of aryl methyl sites for hydroxylation is 1. The summed E-state index contributed by atoms with van der Waals surface area (Å²) in [6.45, 7) is 6.56. The van der Waals surface area contributed by atoms with Gasteiger partial charge in [-0.15, -0.1) is 34.2 Å². The lowest BCUT2D eigenvalue weighted by Crippen LogP contribution is -2.39. The molecule has 0 aliphatic carbocycles. The van der Waals surface area contributed by atoms with Gasteiger partial charge in [0.25, 0.3) is 0 Å². The number of benzene rings is 1. The Morgan fingerprint density at radius 3 is 2.65 bits per heavy atom. The maximum atomic E-state index is 4.25. The van der Waals surface area contributed by atoms with Gasteiger partial charge in [0.1, 0.15) is 6.33 Å². The standard InChI is InChI=1S/C16H24N6.HI/c1-4-22-12-20-21-15(22)11-19-16(17-3)18-10-13(2)14-8-6-5-7-9-14;/h5-9,12-13H,4,10-11H2,1-3H3,(H2,17,18,19);1H. The van der Waals surface area contributed by atoms with Gasteiger partial charge in [0.15, 0.2) is 11.8 Å². The SMILES string of the molecule is CCn1cnnc1CNC(=NC)NCC(C)c1ccccc1.I. The molecular formula is C16H25IN6. The zero-order valence-corrected chi connectivity index (χ0v) is 16.2. The number of aromatic nitrogens is 3. The van der Waals surface area contributed by atoms with E-state index in [1.807, 2.05) is 10.6 Å². The van der Waals surface area contributed by atoms with Crippen LogP contribution in [0.5, 0.6) is 0 Å². The summed E-state index contributed by atoms with van der Waals surface area (Å²) in [4.78, 5) is 4.25. The molecule has 0 radical (unpaired) electrons. The molecule has 0 aliphatic rings. The molecule has 23 heavy (non-hydrogen) atoms. The summed E-state index contributed by atoms with van der Waals surface area (Å²) in [6.07, 6.45) is 1.74. The highest BCUT2D eigenvalue weighted by Crippen LogP contribution is 2.12. The van der Waals surface area contributed by atoms with Crippen LogP contribution in [0.15, 0.2) is 41.7 Å². The Hall–Kier alpha value is -1.64. The molecule has 0 fully saturated rings. The molecule has 1 atom stereocenters. The molecule has 0 saturated carbocycles. The van der Waals surface area contributed by atoms with Crippen molar-refractivity contribution in [2.24, 2.45) is 4.99 Å². The summed E-state index contributed by atoms with van der Waals surface area (Å²) < 4.78 is 2.01. The fraction of sp³-hybridized carbons (Fsp3) is 0.438. The second-order valence-electron chi connectivity index (χ2n) is 5.15. The highest BCUT2D eigenvalue weighted by Gasteiger charge is 2.07. The Balaban J connectivity index is 0.00000264. The molecule has 1 unspecified atom stereocenters. The third-order valence-corrected chi connectivity index (χ3v) is 3.62. The van der Waals surface area contributed by atoms with Crippen LogP contribution in [0.4, 0.5) is 0 Å². The summed E-state index contributed by atoms with van der Waals surface area (Å²) in [5.41, 5.74) is 1.32. The van der Waals surface area contributed by atoms with Crippen LogP contribution in [-0.4, -0.2) is 34.3 Å². The number of hydrogen-bond donors (Lipinski definition) is 2. The first-order valence-electron chi connectivity index (χ1n) is 7.60. The van der Waals surface area contributed by atoms with Crippen LogP contribution >= 0.6 is 24.0 Å². The van der Waals surface area contributed by atoms with Crippen molar-refractivity contribution >= 4 is 29.9 Å². The molecule has 0 spiro atoms. The molecule has 0 amide bonds. The largest absolute Gasteiger partial charge is 0.356 e. The lowest BCUT2D eigenvalue weighted by molar-refractivity contribution is 0.659. The van der Waals surface area contributed by atoms with Crippen molar-refractivity contribution in [1.82, 2.24) is 25.4 Å². The number of halogens is 1. The Bertz CT molecular complexity index is 596. The number of nitrogens with one attached hydrogen (secondary N) is 2. The first-order valence-corrected chi connectivity index (χ1v) is 7.60. The average molecular weight is 428 g/mol. The molecule has 2 N–H and O–H groups in total.